The number of likely N-dealkylation sites (N-methyl/N-ethyl adjacent to an activating group) is 1. The minimum Gasteiger partial charge on any atom is -0.467 e. The maximum atomic E-state index is 11.8. The van der Waals surface area contributed by atoms with E-state index in [0.29, 0.717) is 30.0 Å². The fraction of sp³-hybridized carbons (Fsp3) is 0.533. The molecule has 8 nitrogen and oxygen atoms in total. The molecule has 0 saturated heterocycles. The zero-order valence-corrected chi connectivity index (χ0v) is 13.3. The van der Waals surface area contributed by atoms with Crippen molar-refractivity contribution >= 4 is 11.6 Å². The first kappa shape index (κ1) is 17.2. The van der Waals surface area contributed by atoms with Gasteiger partial charge in [-0.05, 0) is 13.5 Å². The molecule has 0 unspecified atom stereocenters. The van der Waals surface area contributed by atoms with E-state index in [2.05, 4.69) is 5.32 Å². The van der Waals surface area contributed by atoms with Gasteiger partial charge >= 0.3 is 0 Å². The summed E-state index contributed by atoms with van der Waals surface area (Å²) in [7, 11) is 1.79. The van der Waals surface area contributed by atoms with Crippen molar-refractivity contribution in [2.75, 3.05) is 26.9 Å². The lowest BCUT2D eigenvalue weighted by Crippen LogP contribution is -2.35. The van der Waals surface area contributed by atoms with Crippen molar-refractivity contribution in [3.05, 3.63) is 33.4 Å². The van der Waals surface area contributed by atoms with Crippen molar-refractivity contribution in [2.24, 2.45) is 0 Å². The second-order valence-corrected chi connectivity index (χ2v) is 5.48. The van der Waals surface area contributed by atoms with Crippen LogP contribution < -0.4 is 10.1 Å². The average molecular weight is 323 g/mol. The van der Waals surface area contributed by atoms with E-state index in [1.54, 1.807) is 11.9 Å². The van der Waals surface area contributed by atoms with Crippen LogP contribution in [0.4, 0.5) is 5.69 Å². The van der Waals surface area contributed by atoms with Crippen LogP contribution in [0, 0.1) is 10.1 Å². The van der Waals surface area contributed by atoms with Gasteiger partial charge in [0.05, 0.1) is 18.1 Å². The number of carbonyl (C=O) groups excluding carboxylic acids is 1. The molecule has 0 aliphatic carbocycles. The molecule has 126 valence electrons. The lowest BCUT2D eigenvalue weighted by atomic mass is 10.1. The molecule has 1 N–H and O–H groups in total. The molecule has 0 aromatic heterocycles. The Bertz CT molecular complexity index is 591. The number of amides is 1. The van der Waals surface area contributed by atoms with Crippen molar-refractivity contribution in [3.63, 3.8) is 0 Å². The van der Waals surface area contributed by atoms with Gasteiger partial charge in [-0.1, -0.05) is 6.92 Å². The summed E-state index contributed by atoms with van der Waals surface area (Å²) in [6.07, 6.45) is 0.877. The number of nitrogens with zero attached hydrogens (tertiary/aromatic N) is 2. The first-order valence-electron chi connectivity index (χ1n) is 7.47. The van der Waals surface area contributed by atoms with Gasteiger partial charge in [0.1, 0.15) is 5.75 Å². The molecule has 1 aromatic rings. The molecular weight excluding hydrogens is 302 g/mol. The molecule has 1 aliphatic rings. The first-order chi connectivity index (χ1) is 11.0. The molecular formula is C15H21N3O5. The fourth-order valence-corrected chi connectivity index (χ4v) is 2.42. The number of nitrogens with one attached hydrogen (secondary N) is 1. The van der Waals surface area contributed by atoms with Crippen LogP contribution in [0.1, 0.15) is 24.5 Å². The Kier molecular flexibility index (Phi) is 5.89. The number of carbonyl (C=O) groups is 1. The Labute approximate surface area is 134 Å². The summed E-state index contributed by atoms with van der Waals surface area (Å²) in [6.45, 7) is 3.62. The summed E-state index contributed by atoms with van der Waals surface area (Å²) in [4.78, 5) is 24.2. The van der Waals surface area contributed by atoms with Gasteiger partial charge in [0.2, 0.25) is 5.91 Å². The Hall–Kier alpha value is -2.19. The number of nitro benzene ring substituents is 1. The quantitative estimate of drug-likeness (QED) is 0.602. The molecule has 0 radical (unpaired) electrons. The molecule has 0 bridgehead atoms. The van der Waals surface area contributed by atoms with E-state index in [9.17, 15) is 14.9 Å². The number of hydrogen-bond donors (Lipinski definition) is 1. The highest BCUT2D eigenvalue weighted by Crippen LogP contribution is 2.33. The van der Waals surface area contributed by atoms with Gasteiger partial charge < -0.3 is 14.8 Å². The molecule has 1 amide bonds. The van der Waals surface area contributed by atoms with Crippen molar-refractivity contribution in [2.45, 2.75) is 26.5 Å². The predicted octanol–water partition coefficient (Wildman–Crippen LogP) is 1.42. The third-order valence-corrected chi connectivity index (χ3v) is 3.41. The van der Waals surface area contributed by atoms with Crippen molar-refractivity contribution in [3.8, 4) is 5.75 Å². The Morgan fingerprint density at radius 2 is 2.26 bits per heavy atom. The van der Waals surface area contributed by atoms with Crippen LogP contribution in [-0.2, 0) is 22.7 Å². The number of ether oxygens (including phenoxy) is 2. The van der Waals surface area contributed by atoms with E-state index in [0.717, 1.165) is 6.42 Å². The Morgan fingerprint density at radius 3 is 2.96 bits per heavy atom. The SMILES string of the molecule is CCCNC(=O)CN(C)Cc1cc([N+](=O)[O-])cc2c1OCOC2. The van der Waals surface area contributed by atoms with Gasteiger partial charge in [-0.15, -0.1) is 0 Å². The summed E-state index contributed by atoms with van der Waals surface area (Å²) in [5.41, 5.74) is 1.34. The van der Waals surface area contributed by atoms with E-state index in [-0.39, 0.29) is 31.5 Å². The minimum atomic E-state index is -0.438. The summed E-state index contributed by atoms with van der Waals surface area (Å²) < 4.78 is 10.7. The zero-order chi connectivity index (χ0) is 16.8. The summed E-state index contributed by atoms with van der Waals surface area (Å²) >= 11 is 0. The Balaban J connectivity index is 2.13. The highest BCUT2D eigenvalue weighted by molar-refractivity contribution is 5.77. The molecule has 8 heteroatoms. The molecule has 0 atom stereocenters. The topological polar surface area (TPSA) is 93.9 Å². The van der Waals surface area contributed by atoms with Crippen LogP contribution >= 0.6 is 0 Å². The normalized spacial score (nSPS) is 13.3. The fourth-order valence-electron chi connectivity index (χ4n) is 2.42. The van der Waals surface area contributed by atoms with E-state index in [1.807, 2.05) is 6.92 Å². The molecule has 23 heavy (non-hydrogen) atoms. The molecule has 0 fully saturated rings. The number of benzene rings is 1. The predicted molar refractivity (Wildman–Crippen MR) is 83.0 cm³/mol. The molecule has 1 aliphatic heterocycles. The number of fused-ring (bicyclic) bond motifs is 1. The summed E-state index contributed by atoms with van der Waals surface area (Å²) in [5, 5.41) is 13.9. The second-order valence-electron chi connectivity index (χ2n) is 5.48. The third kappa shape index (κ3) is 4.64. The van der Waals surface area contributed by atoms with Crippen LogP contribution in [0.15, 0.2) is 12.1 Å². The average Bonchev–Trinajstić information content (AvgIpc) is 2.52. The Morgan fingerprint density at radius 1 is 1.48 bits per heavy atom. The molecule has 1 heterocycles. The minimum absolute atomic E-state index is 0.00307. The summed E-state index contributed by atoms with van der Waals surface area (Å²) in [5.74, 6) is 0.542. The van der Waals surface area contributed by atoms with Gasteiger partial charge in [-0.25, -0.2) is 0 Å². The van der Waals surface area contributed by atoms with E-state index in [4.69, 9.17) is 9.47 Å². The van der Waals surface area contributed by atoms with Crippen molar-refractivity contribution in [1.82, 2.24) is 10.2 Å². The van der Waals surface area contributed by atoms with Gasteiger partial charge in [0.25, 0.3) is 5.69 Å². The number of non-ortho nitro benzene ring substituents is 1. The maximum absolute atomic E-state index is 11.8. The highest BCUT2D eigenvalue weighted by Gasteiger charge is 2.22. The standard InChI is InChI=1S/C15H21N3O5/c1-3-4-16-14(19)8-17(2)7-11-5-13(18(20)21)6-12-9-22-10-23-15(11)12/h5-6H,3-4,7-10H2,1-2H3,(H,16,19). The van der Waals surface area contributed by atoms with Crippen LogP contribution in [0.3, 0.4) is 0 Å². The molecule has 0 spiro atoms. The lowest BCUT2D eigenvalue weighted by molar-refractivity contribution is -0.385. The summed E-state index contributed by atoms with van der Waals surface area (Å²) in [6, 6.07) is 2.95. The van der Waals surface area contributed by atoms with Gasteiger partial charge in [-0.3, -0.25) is 19.8 Å². The molecule has 0 saturated carbocycles. The molecule has 1 aromatic carbocycles. The van der Waals surface area contributed by atoms with Crippen LogP contribution in [-0.4, -0.2) is 42.7 Å². The zero-order valence-electron chi connectivity index (χ0n) is 13.3. The third-order valence-electron chi connectivity index (χ3n) is 3.41. The molecule has 2 rings (SSSR count). The first-order valence-corrected chi connectivity index (χ1v) is 7.47. The lowest BCUT2D eigenvalue weighted by Gasteiger charge is -2.23. The van der Waals surface area contributed by atoms with Crippen LogP contribution in [0.25, 0.3) is 0 Å². The van der Waals surface area contributed by atoms with E-state index >= 15 is 0 Å². The van der Waals surface area contributed by atoms with E-state index < -0.39 is 4.92 Å². The number of rotatable bonds is 7. The van der Waals surface area contributed by atoms with Crippen molar-refractivity contribution < 1.29 is 19.2 Å². The largest absolute Gasteiger partial charge is 0.467 e. The monoisotopic (exact) mass is 323 g/mol. The second kappa shape index (κ2) is 7.89. The number of hydrogen-bond acceptors (Lipinski definition) is 6. The van der Waals surface area contributed by atoms with Crippen LogP contribution in [0.5, 0.6) is 5.75 Å². The number of nitro groups is 1. The van der Waals surface area contributed by atoms with Gasteiger partial charge in [-0.2, -0.15) is 0 Å². The maximum Gasteiger partial charge on any atom is 0.270 e. The van der Waals surface area contributed by atoms with Crippen molar-refractivity contribution in [1.29, 1.82) is 0 Å². The van der Waals surface area contributed by atoms with E-state index in [1.165, 1.54) is 12.1 Å². The van der Waals surface area contributed by atoms with Gasteiger partial charge in [0, 0.05) is 36.3 Å². The van der Waals surface area contributed by atoms with Crippen LogP contribution in [0.2, 0.25) is 0 Å². The van der Waals surface area contributed by atoms with Gasteiger partial charge in [0.15, 0.2) is 6.79 Å². The highest BCUT2D eigenvalue weighted by atomic mass is 16.7. The smallest absolute Gasteiger partial charge is 0.270 e.